The molecule has 4 rings (SSSR count). The average molecular weight is 364 g/mol. The van der Waals surface area contributed by atoms with E-state index >= 15 is 0 Å². The van der Waals surface area contributed by atoms with E-state index in [1.807, 2.05) is 47.4 Å². The highest BCUT2D eigenvalue weighted by Gasteiger charge is 2.24. The van der Waals surface area contributed by atoms with Crippen LogP contribution in [0.5, 0.6) is 0 Å². The second-order valence-electron chi connectivity index (χ2n) is 7.13. The smallest absolute Gasteiger partial charge is 0.228 e. The quantitative estimate of drug-likeness (QED) is 0.667. The Morgan fingerprint density at radius 2 is 1.81 bits per heavy atom. The van der Waals surface area contributed by atoms with Crippen molar-refractivity contribution in [3.63, 3.8) is 0 Å². The number of nitrogens with zero attached hydrogens (tertiary/aromatic N) is 2. The van der Waals surface area contributed by atoms with E-state index in [9.17, 15) is 4.79 Å². The van der Waals surface area contributed by atoms with Gasteiger partial charge in [-0.1, -0.05) is 47.6 Å². The van der Waals surface area contributed by atoms with E-state index in [1.165, 1.54) is 5.56 Å². The molecule has 1 aromatic heterocycles. The normalized spacial score (nSPS) is 15.3. The molecular weight excluding hydrogens is 340 g/mol. The van der Waals surface area contributed by atoms with Crippen molar-refractivity contribution in [1.29, 1.82) is 0 Å². The monoisotopic (exact) mass is 364 g/mol. The fourth-order valence-electron chi connectivity index (χ4n) is 3.59. The fourth-order valence-corrected chi connectivity index (χ4v) is 3.59. The lowest BCUT2D eigenvalue weighted by molar-refractivity contribution is -0.132. The minimum atomic E-state index is 0.123. The van der Waals surface area contributed by atoms with Crippen molar-refractivity contribution in [2.75, 3.05) is 19.7 Å². The molecule has 1 aliphatic rings. The summed E-state index contributed by atoms with van der Waals surface area (Å²) >= 11 is 0. The van der Waals surface area contributed by atoms with Gasteiger partial charge in [-0.2, -0.15) is 0 Å². The van der Waals surface area contributed by atoms with E-state index < -0.39 is 0 Å². The first-order valence-electron chi connectivity index (χ1n) is 9.52. The summed E-state index contributed by atoms with van der Waals surface area (Å²) in [6.07, 6.45) is 2.27. The van der Waals surface area contributed by atoms with Crippen LogP contribution in [0.1, 0.15) is 24.1 Å². The molecule has 0 aliphatic carbocycles. The number of fused-ring (bicyclic) bond motifs is 1. The number of benzene rings is 2. The lowest BCUT2D eigenvalue weighted by Crippen LogP contribution is -2.40. The molecule has 140 valence electrons. The summed E-state index contributed by atoms with van der Waals surface area (Å²) in [5.74, 6) is 0.642. The maximum atomic E-state index is 12.6. The first-order chi connectivity index (χ1) is 13.3. The maximum Gasteiger partial charge on any atom is 0.228 e. The van der Waals surface area contributed by atoms with Gasteiger partial charge >= 0.3 is 0 Å². The van der Waals surface area contributed by atoms with Crippen molar-refractivity contribution in [1.82, 2.24) is 10.1 Å². The number of para-hydroxylation sites is 1. The third kappa shape index (κ3) is 4.37. The van der Waals surface area contributed by atoms with Gasteiger partial charge in [0.25, 0.3) is 0 Å². The van der Waals surface area contributed by atoms with Gasteiger partial charge in [-0.25, -0.2) is 0 Å². The van der Waals surface area contributed by atoms with Crippen LogP contribution < -0.4 is 0 Å². The number of carbonyl (C=O) groups is 1. The lowest BCUT2D eigenvalue weighted by Gasteiger charge is -2.31. The zero-order valence-corrected chi connectivity index (χ0v) is 15.3. The van der Waals surface area contributed by atoms with Gasteiger partial charge in [0.1, 0.15) is 5.69 Å². The summed E-state index contributed by atoms with van der Waals surface area (Å²) in [5.41, 5.74) is 2.66. The number of ether oxygens (including phenoxy) is 1. The molecule has 3 aromatic rings. The summed E-state index contributed by atoms with van der Waals surface area (Å²) in [7, 11) is 0. The zero-order chi connectivity index (χ0) is 18.5. The molecule has 0 saturated carbocycles. The minimum absolute atomic E-state index is 0.123. The molecule has 0 spiro atoms. The highest BCUT2D eigenvalue weighted by atomic mass is 16.5. The van der Waals surface area contributed by atoms with E-state index in [0.29, 0.717) is 18.9 Å². The van der Waals surface area contributed by atoms with Crippen LogP contribution in [0, 0.1) is 5.92 Å². The fraction of sp³-hybridized carbons (Fsp3) is 0.364. The molecule has 1 aliphatic heterocycles. The van der Waals surface area contributed by atoms with Gasteiger partial charge in [0.15, 0.2) is 5.58 Å². The van der Waals surface area contributed by atoms with Crippen LogP contribution in [0.4, 0.5) is 0 Å². The number of piperidine rings is 1. The molecule has 1 amide bonds. The summed E-state index contributed by atoms with van der Waals surface area (Å²) in [6, 6.07) is 17.9. The van der Waals surface area contributed by atoms with Crippen LogP contribution in [0.2, 0.25) is 0 Å². The number of rotatable bonds is 6. The van der Waals surface area contributed by atoms with Gasteiger partial charge in [0.2, 0.25) is 5.91 Å². The Balaban J connectivity index is 1.23. The standard InChI is InChI=1S/C22H24N2O3/c25-22(14-20-19-8-4-5-9-21(19)27-23-20)24-12-10-18(11-13-24)16-26-15-17-6-2-1-3-7-17/h1-9,18H,10-16H2. The molecule has 1 fully saturated rings. The van der Waals surface area contributed by atoms with Crippen LogP contribution in [-0.2, 0) is 22.6 Å². The van der Waals surface area contributed by atoms with Crippen LogP contribution in [0.15, 0.2) is 59.1 Å². The predicted molar refractivity (Wildman–Crippen MR) is 103 cm³/mol. The molecule has 0 N–H and O–H groups in total. The minimum Gasteiger partial charge on any atom is -0.376 e. The van der Waals surface area contributed by atoms with E-state index in [1.54, 1.807) is 0 Å². The molecule has 5 heteroatoms. The molecule has 2 heterocycles. The van der Waals surface area contributed by atoms with Crippen LogP contribution in [-0.4, -0.2) is 35.7 Å². The Bertz CT molecular complexity index is 883. The summed E-state index contributed by atoms with van der Waals surface area (Å²) in [4.78, 5) is 14.6. The van der Waals surface area contributed by atoms with E-state index in [4.69, 9.17) is 9.26 Å². The van der Waals surface area contributed by atoms with Gasteiger partial charge in [0.05, 0.1) is 13.0 Å². The Hall–Kier alpha value is -2.66. The zero-order valence-electron chi connectivity index (χ0n) is 15.3. The van der Waals surface area contributed by atoms with Crippen LogP contribution in [0.3, 0.4) is 0 Å². The van der Waals surface area contributed by atoms with Crippen molar-refractivity contribution in [2.24, 2.45) is 5.92 Å². The molecule has 27 heavy (non-hydrogen) atoms. The first kappa shape index (κ1) is 17.7. The SMILES string of the molecule is O=C(Cc1noc2ccccc12)N1CCC(COCc2ccccc2)CC1. The largest absolute Gasteiger partial charge is 0.376 e. The number of hydrogen-bond donors (Lipinski definition) is 0. The van der Waals surface area contributed by atoms with Crippen molar-refractivity contribution in [2.45, 2.75) is 25.9 Å². The van der Waals surface area contributed by atoms with E-state index in [2.05, 4.69) is 17.3 Å². The molecule has 0 unspecified atom stereocenters. The molecule has 1 saturated heterocycles. The topological polar surface area (TPSA) is 55.6 Å². The first-order valence-corrected chi connectivity index (χ1v) is 9.52. The predicted octanol–water partition coefficient (Wildman–Crippen LogP) is 3.83. The second kappa shape index (κ2) is 8.35. The molecule has 2 aromatic carbocycles. The molecular formula is C22H24N2O3. The van der Waals surface area contributed by atoms with Crippen molar-refractivity contribution >= 4 is 16.9 Å². The molecule has 5 nitrogen and oxygen atoms in total. The Morgan fingerprint density at radius 1 is 1.07 bits per heavy atom. The Morgan fingerprint density at radius 3 is 2.63 bits per heavy atom. The number of hydrogen-bond acceptors (Lipinski definition) is 4. The van der Waals surface area contributed by atoms with Gasteiger partial charge in [-0.05, 0) is 36.5 Å². The highest BCUT2D eigenvalue weighted by molar-refractivity contribution is 5.86. The third-order valence-corrected chi connectivity index (χ3v) is 5.20. The molecule has 0 atom stereocenters. The molecule has 0 radical (unpaired) electrons. The summed E-state index contributed by atoms with van der Waals surface area (Å²) in [6.45, 7) is 2.98. The summed E-state index contributed by atoms with van der Waals surface area (Å²) < 4.78 is 11.2. The van der Waals surface area contributed by atoms with Crippen molar-refractivity contribution in [3.05, 3.63) is 65.9 Å². The summed E-state index contributed by atoms with van der Waals surface area (Å²) in [5, 5.41) is 5.00. The van der Waals surface area contributed by atoms with E-state index in [0.717, 1.165) is 49.2 Å². The van der Waals surface area contributed by atoms with Crippen LogP contribution >= 0.6 is 0 Å². The highest BCUT2D eigenvalue weighted by Crippen LogP contribution is 2.21. The van der Waals surface area contributed by atoms with Gasteiger partial charge < -0.3 is 14.2 Å². The van der Waals surface area contributed by atoms with Crippen molar-refractivity contribution in [3.8, 4) is 0 Å². The van der Waals surface area contributed by atoms with Crippen molar-refractivity contribution < 1.29 is 14.1 Å². The number of carbonyl (C=O) groups excluding carboxylic acids is 1. The number of aromatic nitrogens is 1. The van der Waals surface area contributed by atoms with Gasteiger partial charge in [0, 0.05) is 25.1 Å². The maximum absolute atomic E-state index is 12.6. The van der Waals surface area contributed by atoms with Gasteiger partial charge in [-0.15, -0.1) is 0 Å². The Labute approximate surface area is 158 Å². The average Bonchev–Trinajstić information content (AvgIpc) is 3.12. The Kier molecular flexibility index (Phi) is 5.49. The number of likely N-dealkylation sites (tertiary alicyclic amines) is 1. The van der Waals surface area contributed by atoms with E-state index in [-0.39, 0.29) is 5.91 Å². The molecule has 0 bridgehead atoms. The van der Waals surface area contributed by atoms with Crippen LogP contribution in [0.25, 0.3) is 11.0 Å². The number of amides is 1. The lowest BCUT2D eigenvalue weighted by atomic mass is 9.97. The van der Waals surface area contributed by atoms with Gasteiger partial charge in [-0.3, -0.25) is 4.79 Å². The third-order valence-electron chi connectivity index (χ3n) is 5.20. The second-order valence-corrected chi connectivity index (χ2v) is 7.13.